The molecule has 17 heavy (non-hydrogen) atoms. The molecule has 2 heterocycles. The Balaban J connectivity index is 2.20. The van der Waals surface area contributed by atoms with E-state index >= 15 is 0 Å². The molecule has 0 aliphatic carbocycles. The second kappa shape index (κ2) is 4.26. The molecular formula is C13H16N2OS. The molecule has 3 nitrogen and oxygen atoms in total. The van der Waals surface area contributed by atoms with Gasteiger partial charge in [-0.3, -0.25) is 4.57 Å². The average molecular weight is 248 g/mol. The third kappa shape index (κ3) is 1.80. The summed E-state index contributed by atoms with van der Waals surface area (Å²) in [5, 5.41) is 0. The zero-order valence-electron chi connectivity index (χ0n) is 9.90. The molecule has 1 aromatic heterocycles. The van der Waals surface area contributed by atoms with E-state index in [1.807, 2.05) is 28.5 Å². The van der Waals surface area contributed by atoms with Gasteiger partial charge < -0.3 is 4.98 Å². The van der Waals surface area contributed by atoms with Crippen molar-refractivity contribution in [2.45, 2.75) is 25.8 Å². The van der Waals surface area contributed by atoms with Gasteiger partial charge in [-0.25, -0.2) is 4.79 Å². The van der Waals surface area contributed by atoms with Gasteiger partial charge in [0.25, 0.3) is 0 Å². The van der Waals surface area contributed by atoms with Crippen molar-refractivity contribution < 1.29 is 0 Å². The highest BCUT2D eigenvalue weighted by atomic mass is 32.2. The molecule has 1 aliphatic heterocycles. The Morgan fingerprint density at radius 2 is 2.12 bits per heavy atom. The number of fused-ring (bicyclic) bond motifs is 1. The quantitative estimate of drug-likeness (QED) is 0.842. The number of rotatable bonds is 1. The minimum atomic E-state index is 0.0474. The molecule has 0 atom stereocenters. The van der Waals surface area contributed by atoms with Gasteiger partial charge in [0.1, 0.15) is 0 Å². The first kappa shape index (κ1) is 11.0. The Morgan fingerprint density at radius 3 is 2.88 bits per heavy atom. The van der Waals surface area contributed by atoms with Gasteiger partial charge in [-0.1, -0.05) is 12.1 Å². The normalized spacial score (nSPS) is 17.7. The van der Waals surface area contributed by atoms with E-state index in [0.29, 0.717) is 6.04 Å². The standard InChI is InChI=1S/C13H16N2OS/c1-9-3-2-4-11-12(9)15(13(16)14-11)10-5-7-17-8-6-10/h2-4,10H,5-8H2,1H3,(H,14,16). The Labute approximate surface area is 104 Å². The van der Waals surface area contributed by atoms with Gasteiger partial charge in [-0.05, 0) is 42.9 Å². The second-order valence-electron chi connectivity index (χ2n) is 4.61. The number of hydrogen-bond donors (Lipinski definition) is 1. The predicted octanol–water partition coefficient (Wildman–Crippen LogP) is 2.71. The van der Waals surface area contributed by atoms with Gasteiger partial charge in [0.05, 0.1) is 11.0 Å². The Kier molecular flexibility index (Phi) is 2.74. The maximum Gasteiger partial charge on any atom is 0.326 e. The number of nitrogens with zero attached hydrogens (tertiary/aromatic N) is 1. The van der Waals surface area contributed by atoms with Crippen LogP contribution in [0, 0.1) is 6.92 Å². The van der Waals surface area contributed by atoms with Crippen LogP contribution in [0.2, 0.25) is 0 Å². The van der Waals surface area contributed by atoms with E-state index < -0.39 is 0 Å². The fourth-order valence-electron chi connectivity index (χ4n) is 2.65. The molecule has 0 amide bonds. The summed E-state index contributed by atoms with van der Waals surface area (Å²) in [7, 11) is 0. The van der Waals surface area contributed by atoms with E-state index in [4.69, 9.17) is 0 Å². The summed E-state index contributed by atoms with van der Waals surface area (Å²) < 4.78 is 1.98. The van der Waals surface area contributed by atoms with Crippen LogP contribution in [-0.2, 0) is 0 Å². The fraction of sp³-hybridized carbons (Fsp3) is 0.462. The molecule has 1 fully saturated rings. The molecule has 1 aliphatic rings. The topological polar surface area (TPSA) is 37.8 Å². The number of benzene rings is 1. The SMILES string of the molecule is Cc1cccc2[nH]c(=O)n(C3CCSCC3)c12. The second-order valence-corrected chi connectivity index (χ2v) is 5.84. The van der Waals surface area contributed by atoms with Crippen molar-refractivity contribution in [1.29, 1.82) is 0 Å². The molecule has 4 heteroatoms. The van der Waals surface area contributed by atoms with Crippen LogP contribution in [0.3, 0.4) is 0 Å². The van der Waals surface area contributed by atoms with E-state index in [2.05, 4.69) is 18.0 Å². The summed E-state index contributed by atoms with van der Waals surface area (Å²) in [5.74, 6) is 2.32. The maximum atomic E-state index is 12.1. The third-order valence-corrected chi connectivity index (χ3v) is 4.54. The highest BCUT2D eigenvalue weighted by molar-refractivity contribution is 7.99. The summed E-state index contributed by atoms with van der Waals surface area (Å²) in [5.41, 5.74) is 3.29. The minimum absolute atomic E-state index is 0.0474. The number of aryl methyl sites for hydroxylation is 1. The zero-order chi connectivity index (χ0) is 11.8. The molecule has 2 aromatic rings. The number of hydrogen-bond acceptors (Lipinski definition) is 2. The van der Waals surface area contributed by atoms with E-state index in [9.17, 15) is 4.79 Å². The number of aromatic amines is 1. The van der Waals surface area contributed by atoms with Crippen LogP contribution in [-0.4, -0.2) is 21.1 Å². The zero-order valence-corrected chi connectivity index (χ0v) is 10.7. The number of thioether (sulfide) groups is 1. The fourth-order valence-corrected chi connectivity index (χ4v) is 3.73. The molecule has 0 radical (unpaired) electrons. The summed E-state index contributed by atoms with van der Waals surface area (Å²) in [6.45, 7) is 2.07. The van der Waals surface area contributed by atoms with Crippen molar-refractivity contribution in [1.82, 2.24) is 9.55 Å². The van der Waals surface area contributed by atoms with Crippen molar-refractivity contribution >= 4 is 22.8 Å². The number of imidazole rings is 1. The van der Waals surface area contributed by atoms with Crippen molar-refractivity contribution in [3.8, 4) is 0 Å². The predicted molar refractivity (Wildman–Crippen MR) is 72.9 cm³/mol. The molecule has 0 bridgehead atoms. The third-order valence-electron chi connectivity index (χ3n) is 3.50. The van der Waals surface area contributed by atoms with E-state index in [0.717, 1.165) is 35.4 Å². The average Bonchev–Trinajstić information content (AvgIpc) is 2.68. The first-order chi connectivity index (χ1) is 8.27. The Morgan fingerprint density at radius 1 is 1.35 bits per heavy atom. The largest absolute Gasteiger partial charge is 0.326 e. The molecule has 0 unspecified atom stereocenters. The number of para-hydroxylation sites is 1. The van der Waals surface area contributed by atoms with Crippen LogP contribution in [0.5, 0.6) is 0 Å². The summed E-state index contributed by atoms with van der Waals surface area (Å²) in [6.07, 6.45) is 2.21. The number of aromatic nitrogens is 2. The van der Waals surface area contributed by atoms with Crippen molar-refractivity contribution in [3.05, 3.63) is 34.2 Å². The number of H-pyrrole nitrogens is 1. The Bertz CT molecular complexity index is 593. The van der Waals surface area contributed by atoms with Crippen molar-refractivity contribution in [2.75, 3.05) is 11.5 Å². The highest BCUT2D eigenvalue weighted by Gasteiger charge is 2.20. The summed E-state index contributed by atoms with van der Waals surface area (Å²) in [6, 6.07) is 6.43. The van der Waals surface area contributed by atoms with Crippen LogP contribution in [0.15, 0.2) is 23.0 Å². The minimum Gasteiger partial charge on any atom is -0.306 e. The molecule has 3 rings (SSSR count). The summed E-state index contributed by atoms with van der Waals surface area (Å²) in [4.78, 5) is 15.1. The smallest absolute Gasteiger partial charge is 0.306 e. The lowest BCUT2D eigenvalue weighted by Crippen LogP contribution is -2.25. The van der Waals surface area contributed by atoms with Gasteiger partial charge in [-0.15, -0.1) is 0 Å². The van der Waals surface area contributed by atoms with Crippen LogP contribution >= 0.6 is 11.8 Å². The monoisotopic (exact) mass is 248 g/mol. The van der Waals surface area contributed by atoms with Crippen LogP contribution in [0.25, 0.3) is 11.0 Å². The van der Waals surface area contributed by atoms with Gasteiger partial charge in [0, 0.05) is 6.04 Å². The molecule has 0 saturated carbocycles. The van der Waals surface area contributed by atoms with Crippen molar-refractivity contribution in [3.63, 3.8) is 0 Å². The van der Waals surface area contributed by atoms with Crippen LogP contribution < -0.4 is 5.69 Å². The first-order valence-corrected chi connectivity index (χ1v) is 7.20. The van der Waals surface area contributed by atoms with Crippen LogP contribution in [0.4, 0.5) is 0 Å². The summed E-state index contributed by atoms with van der Waals surface area (Å²) >= 11 is 1.99. The highest BCUT2D eigenvalue weighted by Crippen LogP contribution is 2.29. The van der Waals surface area contributed by atoms with Gasteiger partial charge in [0.15, 0.2) is 0 Å². The lowest BCUT2D eigenvalue weighted by Gasteiger charge is -2.23. The van der Waals surface area contributed by atoms with Gasteiger partial charge in [-0.2, -0.15) is 11.8 Å². The van der Waals surface area contributed by atoms with Crippen LogP contribution in [0.1, 0.15) is 24.4 Å². The molecule has 1 N–H and O–H groups in total. The molecule has 1 aromatic carbocycles. The molecular weight excluding hydrogens is 232 g/mol. The lowest BCUT2D eigenvalue weighted by atomic mass is 10.1. The Hall–Kier alpha value is -1.16. The van der Waals surface area contributed by atoms with E-state index in [-0.39, 0.29) is 5.69 Å². The molecule has 0 spiro atoms. The number of nitrogens with one attached hydrogen (secondary N) is 1. The first-order valence-electron chi connectivity index (χ1n) is 6.05. The maximum absolute atomic E-state index is 12.1. The molecule has 1 saturated heterocycles. The van der Waals surface area contributed by atoms with Gasteiger partial charge in [0.2, 0.25) is 0 Å². The lowest BCUT2D eigenvalue weighted by molar-refractivity contribution is 0.469. The van der Waals surface area contributed by atoms with E-state index in [1.54, 1.807) is 0 Å². The van der Waals surface area contributed by atoms with E-state index in [1.165, 1.54) is 5.56 Å². The van der Waals surface area contributed by atoms with Gasteiger partial charge >= 0.3 is 5.69 Å². The van der Waals surface area contributed by atoms with Crippen molar-refractivity contribution in [2.24, 2.45) is 0 Å². The molecule has 90 valence electrons.